The van der Waals surface area contributed by atoms with Crippen molar-refractivity contribution >= 4 is 22.8 Å². The van der Waals surface area contributed by atoms with E-state index in [0.717, 1.165) is 11.0 Å². The lowest BCUT2D eigenvalue weighted by molar-refractivity contribution is -0.118. The van der Waals surface area contributed by atoms with Crippen LogP contribution < -0.4 is 11.5 Å². The molecule has 0 bridgehead atoms. The first-order valence-corrected chi connectivity index (χ1v) is 6.49. The molecule has 8 nitrogen and oxygen atoms in total. The topological polar surface area (TPSA) is 126 Å². The molecule has 0 fully saturated rings. The maximum Gasteiger partial charge on any atom is 0.217 e. The number of imidazole rings is 1. The monoisotopic (exact) mass is 286 g/mol. The number of carbonyl (C=O) groups excluding carboxylic acids is 1. The van der Waals surface area contributed by atoms with E-state index >= 15 is 0 Å². The molecule has 0 aliphatic rings. The number of benzene rings is 1. The lowest BCUT2D eigenvalue weighted by Gasteiger charge is -2.06. The van der Waals surface area contributed by atoms with Crippen LogP contribution in [-0.2, 0) is 11.3 Å². The SMILES string of the molecule is NC(=O)CCCn1c(-c2nonc2N)nc2ccccc21. The molecule has 0 saturated carbocycles. The van der Waals surface area contributed by atoms with E-state index in [1.807, 2.05) is 28.8 Å². The highest BCUT2D eigenvalue weighted by Crippen LogP contribution is 2.26. The Morgan fingerprint density at radius 1 is 1.29 bits per heavy atom. The maximum absolute atomic E-state index is 10.9. The number of nitrogens with zero attached hydrogens (tertiary/aromatic N) is 4. The maximum atomic E-state index is 10.9. The molecule has 21 heavy (non-hydrogen) atoms. The molecular formula is C13H14N6O2. The second-order valence-electron chi connectivity index (χ2n) is 4.64. The molecule has 1 aromatic carbocycles. The van der Waals surface area contributed by atoms with Gasteiger partial charge in [0.15, 0.2) is 17.3 Å². The van der Waals surface area contributed by atoms with E-state index in [1.54, 1.807) is 0 Å². The van der Waals surface area contributed by atoms with E-state index in [2.05, 4.69) is 19.9 Å². The fourth-order valence-corrected chi connectivity index (χ4v) is 2.24. The van der Waals surface area contributed by atoms with Crippen LogP contribution in [0.15, 0.2) is 28.9 Å². The second kappa shape index (κ2) is 5.23. The fourth-order valence-electron chi connectivity index (χ4n) is 2.24. The van der Waals surface area contributed by atoms with Crippen LogP contribution in [0.2, 0.25) is 0 Å². The van der Waals surface area contributed by atoms with Crippen molar-refractivity contribution in [1.29, 1.82) is 0 Å². The molecule has 0 spiro atoms. The zero-order valence-corrected chi connectivity index (χ0v) is 11.2. The Morgan fingerprint density at radius 3 is 2.81 bits per heavy atom. The number of amides is 1. The van der Waals surface area contributed by atoms with Crippen molar-refractivity contribution in [3.05, 3.63) is 24.3 Å². The van der Waals surface area contributed by atoms with Crippen LogP contribution in [0, 0.1) is 0 Å². The standard InChI is InChI=1S/C13H14N6O2/c14-10(20)6-3-7-19-9-5-2-1-4-8(9)16-13(19)11-12(15)18-21-17-11/h1-2,4-5H,3,6-7H2,(H2,14,20)(H2,15,18). The van der Waals surface area contributed by atoms with Gasteiger partial charge >= 0.3 is 0 Å². The molecule has 2 aromatic heterocycles. The van der Waals surface area contributed by atoms with Crippen LogP contribution in [0.5, 0.6) is 0 Å². The zero-order valence-electron chi connectivity index (χ0n) is 11.2. The quantitative estimate of drug-likeness (QED) is 0.718. The summed E-state index contributed by atoms with van der Waals surface area (Å²) < 4.78 is 6.58. The van der Waals surface area contributed by atoms with Gasteiger partial charge in [-0.3, -0.25) is 4.79 Å². The van der Waals surface area contributed by atoms with Gasteiger partial charge in [0.2, 0.25) is 5.91 Å². The van der Waals surface area contributed by atoms with Crippen LogP contribution in [0.25, 0.3) is 22.6 Å². The van der Waals surface area contributed by atoms with Crippen LogP contribution in [0.4, 0.5) is 5.82 Å². The summed E-state index contributed by atoms with van der Waals surface area (Å²) in [6.07, 6.45) is 0.909. The summed E-state index contributed by atoms with van der Waals surface area (Å²) in [6.45, 7) is 0.574. The zero-order chi connectivity index (χ0) is 14.8. The Balaban J connectivity index is 2.06. The molecule has 4 N–H and O–H groups in total. The van der Waals surface area contributed by atoms with Crippen LogP contribution >= 0.6 is 0 Å². The van der Waals surface area contributed by atoms with Gasteiger partial charge in [-0.05, 0) is 28.9 Å². The summed E-state index contributed by atoms with van der Waals surface area (Å²) in [5.41, 5.74) is 13.1. The predicted octanol–water partition coefficient (Wildman–Crippen LogP) is 0.934. The molecule has 108 valence electrons. The first kappa shape index (κ1) is 13.1. The van der Waals surface area contributed by atoms with Crippen molar-refractivity contribution < 1.29 is 9.42 Å². The molecule has 0 aliphatic heterocycles. The van der Waals surface area contributed by atoms with E-state index in [9.17, 15) is 4.79 Å². The smallest absolute Gasteiger partial charge is 0.217 e. The van der Waals surface area contributed by atoms with Crippen molar-refractivity contribution in [2.45, 2.75) is 19.4 Å². The highest BCUT2D eigenvalue weighted by molar-refractivity contribution is 5.81. The van der Waals surface area contributed by atoms with E-state index in [-0.39, 0.29) is 11.7 Å². The number of nitrogen functional groups attached to an aromatic ring is 1. The Morgan fingerprint density at radius 2 is 2.10 bits per heavy atom. The van der Waals surface area contributed by atoms with Gasteiger partial charge in [0.05, 0.1) is 11.0 Å². The van der Waals surface area contributed by atoms with Crippen molar-refractivity contribution in [1.82, 2.24) is 19.9 Å². The molecule has 3 aromatic rings. The van der Waals surface area contributed by atoms with Crippen molar-refractivity contribution in [2.24, 2.45) is 5.73 Å². The number of aryl methyl sites for hydroxylation is 1. The lowest BCUT2D eigenvalue weighted by Crippen LogP contribution is -2.12. The summed E-state index contributed by atoms with van der Waals surface area (Å²) in [5.74, 6) is 0.421. The van der Waals surface area contributed by atoms with Crippen molar-refractivity contribution in [2.75, 3.05) is 5.73 Å². The summed E-state index contributed by atoms with van der Waals surface area (Å²) in [6, 6.07) is 7.66. The Hall–Kier alpha value is -2.90. The third kappa shape index (κ3) is 2.42. The normalized spacial score (nSPS) is 11.0. The van der Waals surface area contributed by atoms with Crippen LogP contribution in [-0.4, -0.2) is 25.8 Å². The minimum Gasteiger partial charge on any atom is -0.379 e. The second-order valence-corrected chi connectivity index (χ2v) is 4.64. The molecule has 0 unspecified atom stereocenters. The third-order valence-electron chi connectivity index (χ3n) is 3.19. The first-order chi connectivity index (χ1) is 10.2. The minimum atomic E-state index is -0.330. The average Bonchev–Trinajstić information content (AvgIpc) is 3.02. The van der Waals surface area contributed by atoms with E-state index in [4.69, 9.17) is 11.5 Å². The largest absolute Gasteiger partial charge is 0.379 e. The predicted molar refractivity (Wildman–Crippen MR) is 75.9 cm³/mol. The summed E-state index contributed by atoms with van der Waals surface area (Å²) >= 11 is 0. The molecule has 0 atom stereocenters. The number of hydrogen-bond donors (Lipinski definition) is 2. The number of aromatic nitrogens is 4. The summed E-state index contributed by atoms with van der Waals surface area (Å²) in [7, 11) is 0. The van der Waals surface area contributed by atoms with Crippen molar-refractivity contribution in [3.63, 3.8) is 0 Å². The lowest BCUT2D eigenvalue weighted by atomic mass is 10.2. The molecule has 1 amide bonds. The number of nitrogens with two attached hydrogens (primary N) is 2. The number of rotatable bonds is 5. The first-order valence-electron chi connectivity index (χ1n) is 6.49. The minimum absolute atomic E-state index is 0.182. The molecule has 0 radical (unpaired) electrons. The Kier molecular flexibility index (Phi) is 3.27. The highest BCUT2D eigenvalue weighted by Gasteiger charge is 2.18. The summed E-state index contributed by atoms with van der Waals surface area (Å²) in [5, 5.41) is 7.38. The van der Waals surface area contributed by atoms with E-state index < -0.39 is 0 Å². The average molecular weight is 286 g/mol. The van der Waals surface area contributed by atoms with Gasteiger partial charge in [0, 0.05) is 13.0 Å². The molecule has 2 heterocycles. The number of hydrogen-bond acceptors (Lipinski definition) is 6. The third-order valence-corrected chi connectivity index (χ3v) is 3.19. The van der Waals surface area contributed by atoms with Crippen LogP contribution in [0.1, 0.15) is 12.8 Å². The number of para-hydroxylation sites is 2. The number of carbonyl (C=O) groups is 1. The number of fused-ring (bicyclic) bond motifs is 1. The molecule has 0 saturated heterocycles. The van der Waals surface area contributed by atoms with Crippen LogP contribution in [0.3, 0.4) is 0 Å². The molecule has 0 aliphatic carbocycles. The summed E-state index contributed by atoms with van der Waals surface area (Å²) in [4.78, 5) is 15.4. The van der Waals surface area contributed by atoms with Gasteiger partial charge in [-0.25, -0.2) is 9.61 Å². The van der Waals surface area contributed by atoms with E-state index in [0.29, 0.717) is 30.9 Å². The van der Waals surface area contributed by atoms with Gasteiger partial charge in [-0.1, -0.05) is 12.1 Å². The van der Waals surface area contributed by atoms with Gasteiger partial charge in [-0.15, -0.1) is 0 Å². The van der Waals surface area contributed by atoms with Crippen molar-refractivity contribution in [3.8, 4) is 11.5 Å². The van der Waals surface area contributed by atoms with Gasteiger partial charge in [-0.2, -0.15) is 0 Å². The molecular weight excluding hydrogens is 272 g/mol. The van der Waals surface area contributed by atoms with Gasteiger partial charge in [0.1, 0.15) is 0 Å². The van der Waals surface area contributed by atoms with Gasteiger partial charge < -0.3 is 16.0 Å². The number of anilines is 1. The molecule has 3 rings (SSSR count). The Labute approximate surface area is 119 Å². The Bertz CT molecular complexity index is 791. The van der Waals surface area contributed by atoms with Gasteiger partial charge in [0.25, 0.3) is 0 Å². The highest BCUT2D eigenvalue weighted by atomic mass is 16.6. The molecule has 8 heteroatoms. The van der Waals surface area contributed by atoms with E-state index in [1.165, 1.54) is 0 Å². The fraction of sp³-hybridized carbons (Fsp3) is 0.231. The number of primary amides is 1.